The molecule has 1 unspecified atom stereocenters. The van der Waals surface area contributed by atoms with Crippen LogP contribution in [0.5, 0.6) is 5.75 Å². The quantitative estimate of drug-likeness (QED) is 0.661. The van der Waals surface area contributed by atoms with E-state index in [4.69, 9.17) is 9.15 Å². The number of piperidine rings is 1. The van der Waals surface area contributed by atoms with Crippen molar-refractivity contribution in [2.24, 2.45) is 0 Å². The number of aryl methyl sites for hydroxylation is 1. The number of hydrogen-bond acceptors (Lipinski definition) is 3. The van der Waals surface area contributed by atoms with E-state index in [2.05, 4.69) is 54.3 Å². The van der Waals surface area contributed by atoms with Crippen molar-refractivity contribution in [3.8, 4) is 5.75 Å². The van der Waals surface area contributed by atoms with Crippen molar-refractivity contribution in [3.05, 3.63) is 65.6 Å². The van der Waals surface area contributed by atoms with Crippen LogP contribution in [0.25, 0.3) is 10.8 Å². The highest BCUT2D eigenvalue weighted by Gasteiger charge is 2.23. The molecule has 0 spiro atoms. The highest BCUT2D eigenvalue weighted by Crippen LogP contribution is 2.32. The van der Waals surface area contributed by atoms with Gasteiger partial charge in [-0.1, -0.05) is 36.4 Å². The van der Waals surface area contributed by atoms with Gasteiger partial charge in [0.15, 0.2) is 0 Å². The lowest BCUT2D eigenvalue weighted by atomic mass is 9.90. The summed E-state index contributed by atoms with van der Waals surface area (Å²) in [5.41, 5.74) is 1.38. The lowest BCUT2D eigenvalue weighted by molar-refractivity contribution is 0.187. The summed E-state index contributed by atoms with van der Waals surface area (Å²) in [4.78, 5) is 2.53. The first-order chi connectivity index (χ1) is 12.2. The number of hydrogen-bond donors (Lipinski definition) is 0. The van der Waals surface area contributed by atoms with Crippen LogP contribution in [-0.4, -0.2) is 25.1 Å². The summed E-state index contributed by atoms with van der Waals surface area (Å²) in [6.07, 6.45) is 2.46. The molecule has 0 amide bonds. The molecule has 1 fully saturated rings. The largest absolute Gasteiger partial charge is 0.497 e. The van der Waals surface area contributed by atoms with Gasteiger partial charge in [-0.05, 0) is 49.9 Å². The molecule has 2 heterocycles. The molecule has 3 nitrogen and oxygen atoms in total. The van der Waals surface area contributed by atoms with Crippen LogP contribution in [0.1, 0.15) is 35.8 Å². The van der Waals surface area contributed by atoms with Gasteiger partial charge in [0.2, 0.25) is 0 Å². The molecule has 1 saturated heterocycles. The van der Waals surface area contributed by atoms with E-state index in [1.807, 2.05) is 6.07 Å². The average molecular weight is 335 g/mol. The van der Waals surface area contributed by atoms with Gasteiger partial charge in [0, 0.05) is 17.3 Å². The van der Waals surface area contributed by atoms with Crippen molar-refractivity contribution >= 4 is 10.8 Å². The van der Waals surface area contributed by atoms with Crippen molar-refractivity contribution in [2.45, 2.75) is 32.2 Å². The molecule has 1 aliphatic rings. The molecule has 0 saturated carbocycles. The van der Waals surface area contributed by atoms with Gasteiger partial charge in [-0.15, -0.1) is 0 Å². The number of nitrogens with zero attached hydrogens (tertiary/aromatic N) is 1. The monoisotopic (exact) mass is 335 g/mol. The standard InChI is InChI=1S/C22H25NO2/c1-16-20-10-3-4-11-21(20)22(25-16)15-23-12-6-8-18(14-23)17-7-5-9-19(13-17)24-2/h3-5,7,9-11,13,18H,6,8,12,14-15H2,1-2H3. The zero-order valence-electron chi connectivity index (χ0n) is 15.0. The molecule has 1 aliphatic heterocycles. The summed E-state index contributed by atoms with van der Waals surface area (Å²) >= 11 is 0. The molecule has 4 rings (SSSR count). The van der Waals surface area contributed by atoms with Crippen LogP contribution >= 0.6 is 0 Å². The van der Waals surface area contributed by atoms with E-state index in [0.717, 1.165) is 36.9 Å². The second-order valence-electron chi connectivity index (χ2n) is 6.98. The van der Waals surface area contributed by atoms with Gasteiger partial charge >= 0.3 is 0 Å². The number of fused-ring (bicyclic) bond motifs is 1. The summed E-state index contributed by atoms with van der Waals surface area (Å²) in [5, 5.41) is 2.49. The Morgan fingerprint density at radius 3 is 2.80 bits per heavy atom. The van der Waals surface area contributed by atoms with E-state index >= 15 is 0 Å². The minimum atomic E-state index is 0.561. The molecule has 0 bridgehead atoms. The summed E-state index contributed by atoms with van der Waals surface area (Å²) in [6.45, 7) is 5.14. The van der Waals surface area contributed by atoms with E-state index < -0.39 is 0 Å². The van der Waals surface area contributed by atoms with Crippen molar-refractivity contribution in [2.75, 3.05) is 20.2 Å². The third-order valence-electron chi connectivity index (χ3n) is 5.32. The Hall–Kier alpha value is -2.26. The Morgan fingerprint density at radius 2 is 1.96 bits per heavy atom. The van der Waals surface area contributed by atoms with Gasteiger partial charge in [-0.3, -0.25) is 4.90 Å². The maximum Gasteiger partial charge on any atom is 0.125 e. The van der Waals surface area contributed by atoms with E-state index in [9.17, 15) is 0 Å². The van der Waals surface area contributed by atoms with Crippen LogP contribution in [0.2, 0.25) is 0 Å². The van der Waals surface area contributed by atoms with Gasteiger partial charge in [-0.2, -0.15) is 0 Å². The molecule has 2 aromatic carbocycles. The minimum absolute atomic E-state index is 0.561. The highest BCUT2D eigenvalue weighted by molar-refractivity contribution is 5.86. The van der Waals surface area contributed by atoms with Crippen molar-refractivity contribution in [1.29, 1.82) is 0 Å². The lowest BCUT2D eigenvalue weighted by Crippen LogP contribution is -2.33. The van der Waals surface area contributed by atoms with Gasteiger partial charge < -0.3 is 9.15 Å². The van der Waals surface area contributed by atoms with E-state index in [-0.39, 0.29) is 0 Å². The zero-order chi connectivity index (χ0) is 17.2. The van der Waals surface area contributed by atoms with Crippen LogP contribution in [0.15, 0.2) is 52.9 Å². The van der Waals surface area contributed by atoms with Gasteiger partial charge in [0.1, 0.15) is 17.3 Å². The topological polar surface area (TPSA) is 25.6 Å². The van der Waals surface area contributed by atoms with Crippen molar-refractivity contribution in [1.82, 2.24) is 4.90 Å². The Balaban J connectivity index is 1.53. The molecule has 1 aromatic heterocycles. The van der Waals surface area contributed by atoms with Crippen molar-refractivity contribution in [3.63, 3.8) is 0 Å². The van der Waals surface area contributed by atoms with Gasteiger partial charge in [-0.25, -0.2) is 0 Å². The Morgan fingerprint density at radius 1 is 1.12 bits per heavy atom. The predicted octanol–water partition coefficient (Wildman–Crippen LogP) is 5.13. The number of furan rings is 1. The molecule has 3 heteroatoms. The fourth-order valence-corrected chi connectivity index (χ4v) is 4.02. The minimum Gasteiger partial charge on any atom is -0.497 e. The summed E-state index contributed by atoms with van der Waals surface area (Å²) in [6, 6.07) is 17.0. The Bertz CT molecular complexity index is 867. The van der Waals surface area contributed by atoms with E-state index in [1.54, 1.807) is 7.11 Å². The number of ether oxygens (including phenoxy) is 1. The first-order valence-corrected chi connectivity index (χ1v) is 9.08. The molecule has 3 aromatic rings. The SMILES string of the molecule is COc1cccc(C2CCCN(Cc3oc(C)c4ccccc34)C2)c1. The van der Waals surface area contributed by atoms with E-state index in [1.165, 1.54) is 29.2 Å². The molecule has 0 N–H and O–H groups in total. The molecule has 0 aliphatic carbocycles. The number of benzene rings is 2. The lowest BCUT2D eigenvalue weighted by Gasteiger charge is -2.32. The summed E-state index contributed by atoms with van der Waals surface area (Å²) in [7, 11) is 1.73. The normalized spacial score (nSPS) is 18.6. The molecule has 0 radical (unpaired) electrons. The molecule has 130 valence electrons. The first kappa shape index (κ1) is 16.2. The fraction of sp³-hybridized carbons (Fsp3) is 0.364. The van der Waals surface area contributed by atoms with Crippen molar-refractivity contribution < 1.29 is 9.15 Å². The predicted molar refractivity (Wildman–Crippen MR) is 101 cm³/mol. The maximum atomic E-state index is 6.08. The van der Waals surface area contributed by atoms with Crippen LogP contribution < -0.4 is 4.74 Å². The second kappa shape index (κ2) is 6.93. The zero-order valence-corrected chi connectivity index (χ0v) is 15.0. The Kier molecular flexibility index (Phi) is 4.50. The highest BCUT2D eigenvalue weighted by atomic mass is 16.5. The summed E-state index contributed by atoms with van der Waals surface area (Å²) in [5.74, 6) is 3.62. The maximum absolute atomic E-state index is 6.08. The third-order valence-corrected chi connectivity index (χ3v) is 5.32. The average Bonchev–Trinajstić information content (AvgIpc) is 2.98. The van der Waals surface area contributed by atoms with Crippen LogP contribution in [0.3, 0.4) is 0 Å². The van der Waals surface area contributed by atoms with E-state index in [0.29, 0.717) is 5.92 Å². The first-order valence-electron chi connectivity index (χ1n) is 9.08. The number of rotatable bonds is 4. The summed E-state index contributed by atoms with van der Waals surface area (Å²) < 4.78 is 11.5. The number of methoxy groups -OCH3 is 1. The second-order valence-corrected chi connectivity index (χ2v) is 6.98. The van der Waals surface area contributed by atoms with Gasteiger partial charge in [0.25, 0.3) is 0 Å². The molecule has 25 heavy (non-hydrogen) atoms. The van der Waals surface area contributed by atoms with Crippen LogP contribution in [0, 0.1) is 6.92 Å². The molecular formula is C22H25NO2. The Labute approximate surface area is 149 Å². The third kappa shape index (κ3) is 3.29. The molecule has 1 atom stereocenters. The smallest absolute Gasteiger partial charge is 0.125 e. The number of likely N-dealkylation sites (tertiary alicyclic amines) is 1. The van der Waals surface area contributed by atoms with Crippen LogP contribution in [0.4, 0.5) is 0 Å². The fourth-order valence-electron chi connectivity index (χ4n) is 4.02. The van der Waals surface area contributed by atoms with Crippen LogP contribution in [-0.2, 0) is 6.54 Å². The molecular weight excluding hydrogens is 310 g/mol. The van der Waals surface area contributed by atoms with Gasteiger partial charge in [0.05, 0.1) is 13.7 Å².